The third kappa shape index (κ3) is 3.32. The first-order valence-electron chi connectivity index (χ1n) is 6.74. The molecule has 2 aromatic heterocycles. The molecule has 0 aliphatic heterocycles. The minimum absolute atomic E-state index is 0.206. The van der Waals surface area contributed by atoms with E-state index in [4.69, 9.17) is 4.43 Å². The van der Waals surface area contributed by atoms with Crippen molar-refractivity contribution in [2.75, 3.05) is 0 Å². The quantitative estimate of drug-likeness (QED) is 0.812. The Labute approximate surface area is 121 Å². The van der Waals surface area contributed by atoms with Gasteiger partial charge in [-0.15, -0.1) is 0 Å². The Bertz CT molecular complexity index is 560. The van der Waals surface area contributed by atoms with Gasteiger partial charge < -0.3 is 4.43 Å². The lowest BCUT2D eigenvalue weighted by Gasteiger charge is -2.35. The number of nitrogens with zero attached hydrogens (tertiary/aromatic N) is 4. The normalized spacial score (nSPS) is 12.7. The summed E-state index contributed by atoms with van der Waals surface area (Å²) in [5.41, 5.74) is 0.905. The molecule has 0 spiro atoms. The van der Waals surface area contributed by atoms with Crippen molar-refractivity contribution in [3.05, 3.63) is 36.7 Å². The fourth-order valence-electron chi connectivity index (χ4n) is 1.44. The lowest BCUT2D eigenvalue weighted by Crippen LogP contribution is -2.40. The fourth-order valence-corrected chi connectivity index (χ4v) is 2.38. The van der Waals surface area contributed by atoms with Gasteiger partial charge in [0.25, 0.3) is 0 Å². The highest BCUT2D eigenvalue weighted by Gasteiger charge is 2.37. The molecule has 6 heteroatoms. The number of imidazole rings is 1. The zero-order valence-corrected chi connectivity index (χ0v) is 13.8. The van der Waals surface area contributed by atoms with Gasteiger partial charge in [0.1, 0.15) is 6.33 Å². The molecule has 0 saturated carbocycles. The molecule has 0 saturated heterocycles. The second-order valence-electron chi connectivity index (χ2n) is 6.37. The molecule has 0 unspecified atom stereocenters. The van der Waals surface area contributed by atoms with Gasteiger partial charge in [-0.1, -0.05) is 20.8 Å². The minimum Gasteiger partial charge on any atom is -0.411 e. The van der Waals surface area contributed by atoms with Crippen molar-refractivity contribution in [1.29, 1.82) is 0 Å². The van der Waals surface area contributed by atoms with E-state index >= 15 is 0 Å². The summed E-state index contributed by atoms with van der Waals surface area (Å²) in [5.74, 6) is 0.624. The third-order valence-electron chi connectivity index (χ3n) is 3.81. The number of hydrogen-bond acceptors (Lipinski definition) is 4. The maximum atomic E-state index is 6.15. The van der Waals surface area contributed by atoms with Crippen molar-refractivity contribution in [2.45, 2.75) is 45.5 Å². The van der Waals surface area contributed by atoms with E-state index in [1.165, 1.54) is 0 Å². The molecule has 0 N–H and O–H groups in total. The van der Waals surface area contributed by atoms with Crippen molar-refractivity contribution in [1.82, 2.24) is 19.5 Å². The van der Waals surface area contributed by atoms with Crippen molar-refractivity contribution in [3.8, 4) is 5.95 Å². The van der Waals surface area contributed by atoms with Gasteiger partial charge in [-0.05, 0) is 24.2 Å². The van der Waals surface area contributed by atoms with Crippen LogP contribution in [0.15, 0.2) is 31.0 Å². The zero-order valence-electron chi connectivity index (χ0n) is 12.8. The van der Waals surface area contributed by atoms with E-state index in [1.807, 2.05) is 10.8 Å². The first-order chi connectivity index (χ1) is 9.29. The van der Waals surface area contributed by atoms with E-state index < -0.39 is 8.32 Å². The molecule has 0 fully saturated rings. The monoisotopic (exact) mass is 290 g/mol. The summed E-state index contributed by atoms with van der Waals surface area (Å²) in [5, 5.41) is 0.206. The molecule has 2 aromatic rings. The molecule has 0 radical (unpaired) electrons. The van der Waals surface area contributed by atoms with Crippen LogP contribution < -0.4 is 0 Å². The van der Waals surface area contributed by atoms with Crippen LogP contribution in [0.25, 0.3) is 5.95 Å². The highest BCUT2D eigenvalue weighted by Crippen LogP contribution is 2.36. The maximum Gasteiger partial charge on any atom is 0.234 e. The van der Waals surface area contributed by atoms with Crippen LogP contribution in [0.5, 0.6) is 0 Å². The van der Waals surface area contributed by atoms with Crippen molar-refractivity contribution >= 4 is 8.32 Å². The van der Waals surface area contributed by atoms with E-state index in [1.54, 1.807) is 24.8 Å². The Morgan fingerprint density at radius 2 is 1.80 bits per heavy atom. The summed E-state index contributed by atoms with van der Waals surface area (Å²) in [7, 11) is -1.74. The first-order valence-corrected chi connectivity index (χ1v) is 9.65. The molecule has 2 rings (SSSR count). The Hall–Kier alpha value is -1.53. The van der Waals surface area contributed by atoms with Gasteiger partial charge in [-0.25, -0.2) is 15.0 Å². The molecule has 5 nitrogen and oxygen atoms in total. The molecular weight excluding hydrogens is 268 g/mol. The van der Waals surface area contributed by atoms with Crippen LogP contribution in [-0.2, 0) is 11.0 Å². The van der Waals surface area contributed by atoms with Crippen LogP contribution in [0.4, 0.5) is 0 Å². The first kappa shape index (κ1) is 14.9. The van der Waals surface area contributed by atoms with Crippen molar-refractivity contribution < 1.29 is 4.43 Å². The average Bonchev–Trinajstić information content (AvgIpc) is 2.85. The van der Waals surface area contributed by atoms with Gasteiger partial charge in [0, 0.05) is 18.6 Å². The molecule has 0 aliphatic rings. The molecule has 0 aromatic carbocycles. The van der Waals surface area contributed by atoms with Gasteiger partial charge in [0.05, 0.1) is 12.3 Å². The van der Waals surface area contributed by atoms with Crippen LogP contribution in [0, 0.1) is 0 Å². The van der Waals surface area contributed by atoms with Crippen molar-refractivity contribution in [3.63, 3.8) is 0 Å². The lowest BCUT2D eigenvalue weighted by atomic mass is 10.2. The van der Waals surface area contributed by atoms with Gasteiger partial charge >= 0.3 is 0 Å². The molecule has 0 bridgehead atoms. The summed E-state index contributed by atoms with van der Waals surface area (Å²) in [6.07, 6.45) is 7.07. The summed E-state index contributed by atoms with van der Waals surface area (Å²) < 4.78 is 7.96. The van der Waals surface area contributed by atoms with E-state index in [-0.39, 0.29) is 5.04 Å². The minimum atomic E-state index is -1.74. The summed E-state index contributed by atoms with van der Waals surface area (Å²) in [6, 6.07) is 1.79. The molecule has 0 amide bonds. The number of hydrogen-bond donors (Lipinski definition) is 0. The van der Waals surface area contributed by atoms with Crippen LogP contribution in [0.1, 0.15) is 26.5 Å². The summed E-state index contributed by atoms with van der Waals surface area (Å²) in [4.78, 5) is 12.7. The SMILES string of the molecule is CC(C)(C)[Si](C)(C)OCc1cn(-c2ncccn2)cn1. The fraction of sp³-hybridized carbons (Fsp3) is 0.500. The topological polar surface area (TPSA) is 52.8 Å². The Morgan fingerprint density at radius 3 is 2.40 bits per heavy atom. The van der Waals surface area contributed by atoms with Gasteiger partial charge in [0.2, 0.25) is 5.95 Å². The van der Waals surface area contributed by atoms with Crippen LogP contribution in [-0.4, -0.2) is 27.8 Å². The highest BCUT2D eigenvalue weighted by molar-refractivity contribution is 6.74. The van der Waals surface area contributed by atoms with E-state index in [0.717, 1.165) is 5.69 Å². The molecule has 0 aliphatic carbocycles. The molecule has 108 valence electrons. The molecular formula is C14H22N4OSi. The van der Waals surface area contributed by atoms with Gasteiger partial charge in [0.15, 0.2) is 8.32 Å². The lowest BCUT2D eigenvalue weighted by molar-refractivity contribution is 0.272. The van der Waals surface area contributed by atoms with E-state index in [2.05, 4.69) is 48.8 Å². The standard InChI is InChI=1S/C14H22N4OSi/c1-14(2,3)20(4,5)19-10-12-9-18(11-17-12)13-15-7-6-8-16-13/h6-9,11H,10H2,1-5H3. The van der Waals surface area contributed by atoms with Gasteiger partial charge in [-0.2, -0.15) is 0 Å². The maximum absolute atomic E-state index is 6.15. The number of rotatable bonds is 4. The highest BCUT2D eigenvalue weighted by atomic mass is 28.4. The van der Waals surface area contributed by atoms with E-state index in [0.29, 0.717) is 12.6 Å². The molecule has 20 heavy (non-hydrogen) atoms. The Kier molecular flexibility index (Phi) is 4.05. The smallest absolute Gasteiger partial charge is 0.234 e. The predicted molar refractivity (Wildman–Crippen MR) is 81.1 cm³/mol. The van der Waals surface area contributed by atoms with E-state index in [9.17, 15) is 0 Å². The Balaban J connectivity index is 2.04. The zero-order chi connectivity index (χ0) is 14.8. The van der Waals surface area contributed by atoms with Crippen LogP contribution in [0.2, 0.25) is 18.1 Å². The summed E-state index contributed by atoms with van der Waals surface area (Å²) in [6.45, 7) is 11.7. The third-order valence-corrected chi connectivity index (χ3v) is 8.28. The molecule has 2 heterocycles. The van der Waals surface area contributed by atoms with Gasteiger partial charge in [-0.3, -0.25) is 4.57 Å². The summed E-state index contributed by atoms with van der Waals surface area (Å²) >= 11 is 0. The van der Waals surface area contributed by atoms with Crippen LogP contribution >= 0.6 is 0 Å². The predicted octanol–water partition coefficient (Wildman–Crippen LogP) is 3.18. The average molecular weight is 290 g/mol. The van der Waals surface area contributed by atoms with Crippen LogP contribution in [0.3, 0.4) is 0 Å². The Morgan fingerprint density at radius 1 is 1.15 bits per heavy atom. The van der Waals surface area contributed by atoms with Crippen molar-refractivity contribution in [2.24, 2.45) is 0 Å². The largest absolute Gasteiger partial charge is 0.411 e. The second kappa shape index (κ2) is 5.45. The molecule has 0 atom stereocenters. The second-order valence-corrected chi connectivity index (χ2v) is 11.2. The number of aromatic nitrogens is 4.